The van der Waals surface area contributed by atoms with Gasteiger partial charge in [-0.3, -0.25) is 4.79 Å². The van der Waals surface area contributed by atoms with Crippen LogP contribution in [0.3, 0.4) is 0 Å². The summed E-state index contributed by atoms with van der Waals surface area (Å²) in [5.74, 6) is -1.60. The largest absolute Gasteiger partial charge is 0.480 e. The van der Waals surface area contributed by atoms with Gasteiger partial charge < -0.3 is 10.4 Å². The molecule has 0 fully saturated rings. The average molecular weight is 304 g/mol. The van der Waals surface area contributed by atoms with Gasteiger partial charge in [-0.2, -0.15) is 0 Å². The summed E-state index contributed by atoms with van der Waals surface area (Å²) in [6.45, 7) is 3.32. The smallest absolute Gasteiger partial charge is 0.329 e. The first-order valence-electron chi connectivity index (χ1n) is 5.81. The molecule has 2 N–H and O–H groups in total. The van der Waals surface area contributed by atoms with Gasteiger partial charge >= 0.3 is 5.97 Å². The second-order valence-electron chi connectivity index (χ2n) is 4.47. The van der Waals surface area contributed by atoms with E-state index in [1.165, 1.54) is 25.1 Å². The number of halogens is 2. The Morgan fingerprint density at radius 1 is 1.37 bits per heavy atom. The first kappa shape index (κ1) is 15.8. The molecule has 0 heterocycles. The van der Waals surface area contributed by atoms with Crippen molar-refractivity contribution in [2.75, 3.05) is 0 Å². The fourth-order valence-corrected chi connectivity index (χ4v) is 2.21. The minimum absolute atomic E-state index is 0.189. The van der Waals surface area contributed by atoms with Gasteiger partial charge in [0.05, 0.1) is 10.6 Å². The number of rotatable bonds is 5. The van der Waals surface area contributed by atoms with Crippen molar-refractivity contribution in [3.05, 3.63) is 33.8 Å². The number of aliphatic carboxylic acids is 1. The average Bonchev–Trinajstić information content (AvgIpc) is 2.28. The first-order chi connectivity index (χ1) is 8.80. The molecule has 0 aliphatic rings. The zero-order valence-electron chi connectivity index (χ0n) is 10.7. The Labute approximate surface area is 121 Å². The van der Waals surface area contributed by atoms with Crippen LogP contribution in [0.25, 0.3) is 0 Å². The molecule has 0 aliphatic heterocycles. The standard InChI is InChI=1S/C13H15Cl2NO3/c1-3-6-13(2,12(18)19)16-11(17)9-5-4-8(14)7-10(9)15/h4-5,7H,3,6H2,1-2H3,(H,16,17)(H,18,19). The van der Waals surface area contributed by atoms with Crippen LogP contribution in [0, 0.1) is 0 Å². The van der Waals surface area contributed by atoms with Crippen LogP contribution in [-0.4, -0.2) is 22.5 Å². The first-order valence-corrected chi connectivity index (χ1v) is 6.56. The Balaban J connectivity index is 2.97. The van der Waals surface area contributed by atoms with Gasteiger partial charge in [0.1, 0.15) is 5.54 Å². The molecule has 1 aromatic rings. The summed E-state index contributed by atoms with van der Waals surface area (Å²) in [7, 11) is 0. The van der Waals surface area contributed by atoms with E-state index in [-0.39, 0.29) is 10.6 Å². The van der Waals surface area contributed by atoms with Gasteiger partial charge in [-0.15, -0.1) is 0 Å². The summed E-state index contributed by atoms with van der Waals surface area (Å²) in [5, 5.41) is 12.3. The normalized spacial score (nSPS) is 13.7. The molecule has 4 nitrogen and oxygen atoms in total. The van der Waals surface area contributed by atoms with Gasteiger partial charge in [-0.1, -0.05) is 36.5 Å². The van der Waals surface area contributed by atoms with Gasteiger partial charge in [0.15, 0.2) is 0 Å². The van der Waals surface area contributed by atoms with Crippen molar-refractivity contribution in [3.8, 4) is 0 Å². The van der Waals surface area contributed by atoms with E-state index in [1.54, 1.807) is 0 Å². The molecule has 0 saturated carbocycles. The van der Waals surface area contributed by atoms with E-state index in [4.69, 9.17) is 23.2 Å². The highest BCUT2D eigenvalue weighted by molar-refractivity contribution is 6.36. The van der Waals surface area contributed by atoms with Crippen molar-refractivity contribution in [2.24, 2.45) is 0 Å². The Morgan fingerprint density at radius 3 is 2.47 bits per heavy atom. The molecule has 0 aromatic heterocycles. The number of carbonyl (C=O) groups excluding carboxylic acids is 1. The molecule has 1 aromatic carbocycles. The summed E-state index contributed by atoms with van der Waals surface area (Å²) >= 11 is 11.7. The van der Waals surface area contributed by atoms with Crippen molar-refractivity contribution in [2.45, 2.75) is 32.2 Å². The van der Waals surface area contributed by atoms with Crippen molar-refractivity contribution in [1.82, 2.24) is 5.32 Å². The number of nitrogens with one attached hydrogen (secondary N) is 1. The molecule has 0 aliphatic carbocycles. The predicted octanol–water partition coefficient (Wildman–Crippen LogP) is 3.37. The van der Waals surface area contributed by atoms with Crippen molar-refractivity contribution in [1.29, 1.82) is 0 Å². The molecule has 0 radical (unpaired) electrons. The Bertz CT molecular complexity index is 505. The lowest BCUT2D eigenvalue weighted by molar-refractivity contribution is -0.144. The highest BCUT2D eigenvalue weighted by Gasteiger charge is 2.34. The van der Waals surface area contributed by atoms with Gasteiger partial charge in [0, 0.05) is 5.02 Å². The van der Waals surface area contributed by atoms with E-state index in [9.17, 15) is 14.7 Å². The number of carboxylic acid groups (broad SMARTS) is 1. The van der Waals surface area contributed by atoms with Crippen molar-refractivity contribution in [3.63, 3.8) is 0 Å². The highest BCUT2D eigenvalue weighted by Crippen LogP contribution is 2.22. The molecular formula is C13H15Cl2NO3. The fraction of sp³-hybridized carbons (Fsp3) is 0.385. The maximum atomic E-state index is 12.1. The number of amides is 1. The van der Waals surface area contributed by atoms with Crippen LogP contribution in [0.15, 0.2) is 18.2 Å². The maximum Gasteiger partial charge on any atom is 0.329 e. The van der Waals surface area contributed by atoms with E-state index >= 15 is 0 Å². The second kappa shape index (κ2) is 6.26. The van der Waals surface area contributed by atoms with Crippen molar-refractivity contribution >= 4 is 35.1 Å². The summed E-state index contributed by atoms with van der Waals surface area (Å²) in [5.41, 5.74) is -1.11. The van der Waals surface area contributed by atoms with Crippen LogP contribution in [0.4, 0.5) is 0 Å². The van der Waals surface area contributed by atoms with E-state index in [0.717, 1.165) is 0 Å². The van der Waals surface area contributed by atoms with E-state index in [2.05, 4.69) is 5.32 Å². The van der Waals surface area contributed by atoms with Crippen molar-refractivity contribution < 1.29 is 14.7 Å². The number of carbonyl (C=O) groups is 2. The van der Waals surface area contributed by atoms with Gasteiger partial charge in [0.2, 0.25) is 0 Å². The monoisotopic (exact) mass is 303 g/mol. The molecule has 19 heavy (non-hydrogen) atoms. The quantitative estimate of drug-likeness (QED) is 0.876. The lowest BCUT2D eigenvalue weighted by atomic mass is 9.96. The van der Waals surface area contributed by atoms with Crippen LogP contribution >= 0.6 is 23.2 Å². The molecule has 104 valence electrons. The van der Waals surface area contributed by atoms with Crippen LogP contribution in [0.2, 0.25) is 10.0 Å². The molecule has 0 saturated heterocycles. The second-order valence-corrected chi connectivity index (χ2v) is 5.31. The van der Waals surface area contributed by atoms with Crippen LogP contribution in [0.5, 0.6) is 0 Å². The van der Waals surface area contributed by atoms with Gasteiger partial charge in [-0.05, 0) is 31.5 Å². The van der Waals surface area contributed by atoms with Crippen LogP contribution in [-0.2, 0) is 4.79 Å². The molecule has 0 spiro atoms. The lowest BCUT2D eigenvalue weighted by Gasteiger charge is -2.26. The number of benzene rings is 1. The third-order valence-electron chi connectivity index (χ3n) is 2.79. The summed E-state index contributed by atoms with van der Waals surface area (Å²) in [6, 6.07) is 4.43. The Hall–Kier alpha value is -1.26. The van der Waals surface area contributed by atoms with E-state index in [0.29, 0.717) is 17.9 Å². The zero-order valence-corrected chi connectivity index (χ0v) is 12.2. The lowest BCUT2D eigenvalue weighted by Crippen LogP contribution is -2.52. The molecule has 1 amide bonds. The number of hydrogen-bond acceptors (Lipinski definition) is 2. The summed E-state index contributed by atoms with van der Waals surface area (Å²) in [6.07, 6.45) is 0.969. The predicted molar refractivity (Wildman–Crippen MR) is 74.9 cm³/mol. The zero-order chi connectivity index (χ0) is 14.6. The summed E-state index contributed by atoms with van der Waals surface area (Å²) in [4.78, 5) is 23.3. The number of carboxylic acids is 1. The van der Waals surface area contributed by atoms with Gasteiger partial charge in [-0.25, -0.2) is 4.79 Å². The summed E-state index contributed by atoms with van der Waals surface area (Å²) < 4.78 is 0. The van der Waals surface area contributed by atoms with E-state index in [1.807, 2.05) is 6.92 Å². The Kier molecular flexibility index (Phi) is 5.20. The van der Waals surface area contributed by atoms with Gasteiger partial charge in [0.25, 0.3) is 5.91 Å². The topological polar surface area (TPSA) is 66.4 Å². The SMILES string of the molecule is CCCC(C)(NC(=O)c1ccc(Cl)cc1Cl)C(=O)O. The van der Waals surface area contributed by atoms with Crippen LogP contribution < -0.4 is 5.32 Å². The van der Waals surface area contributed by atoms with E-state index < -0.39 is 17.4 Å². The molecule has 1 unspecified atom stereocenters. The minimum Gasteiger partial charge on any atom is -0.480 e. The molecule has 1 atom stereocenters. The fourth-order valence-electron chi connectivity index (χ4n) is 1.71. The third-order valence-corrected chi connectivity index (χ3v) is 3.34. The highest BCUT2D eigenvalue weighted by atomic mass is 35.5. The Morgan fingerprint density at radius 2 is 2.00 bits per heavy atom. The van der Waals surface area contributed by atoms with Crippen LogP contribution in [0.1, 0.15) is 37.0 Å². The number of hydrogen-bond donors (Lipinski definition) is 2. The molecule has 6 heteroatoms. The third kappa shape index (κ3) is 3.85. The maximum absolute atomic E-state index is 12.1. The molecule has 1 rings (SSSR count). The minimum atomic E-state index is -1.31. The molecule has 0 bridgehead atoms. The molecular weight excluding hydrogens is 289 g/mol.